The van der Waals surface area contributed by atoms with Crippen molar-refractivity contribution in [2.24, 2.45) is 0 Å². The molecule has 0 bridgehead atoms. The van der Waals surface area contributed by atoms with Gasteiger partial charge in [0, 0.05) is 16.8 Å². The summed E-state index contributed by atoms with van der Waals surface area (Å²) in [5, 5.41) is 0. The van der Waals surface area contributed by atoms with Crippen molar-refractivity contribution in [1.29, 1.82) is 0 Å². The summed E-state index contributed by atoms with van der Waals surface area (Å²) in [4.78, 5) is 7.87. The number of halogens is 1. The Bertz CT molecular complexity index is 763. The molecule has 0 saturated carbocycles. The van der Waals surface area contributed by atoms with Crippen LogP contribution in [-0.2, 0) is 0 Å². The highest BCUT2D eigenvalue weighted by Gasteiger charge is 2.13. The second-order valence-corrected chi connectivity index (χ2v) is 4.77. The second kappa shape index (κ2) is 5.40. The predicted molar refractivity (Wildman–Crippen MR) is 80.7 cm³/mol. The van der Waals surface area contributed by atoms with E-state index in [1.807, 2.05) is 31.2 Å². The van der Waals surface area contributed by atoms with Crippen LogP contribution in [0.4, 0.5) is 4.39 Å². The Kier molecular flexibility index (Phi) is 3.44. The van der Waals surface area contributed by atoms with Gasteiger partial charge in [-0.05, 0) is 43.3 Å². The van der Waals surface area contributed by atoms with Crippen LogP contribution in [-0.4, -0.2) is 17.1 Å². The molecule has 0 unspecified atom stereocenters. The van der Waals surface area contributed by atoms with E-state index < -0.39 is 0 Å². The third-order valence-electron chi connectivity index (χ3n) is 3.36. The first-order valence-corrected chi connectivity index (χ1v) is 6.65. The number of aromatic nitrogens is 2. The molecule has 0 aliphatic rings. The van der Waals surface area contributed by atoms with Crippen molar-refractivity contribution in [3.63, 3.8) is 0 Å². The van der Waals surface area contributed by atoms with Crippen molar-refractivity contribution in [2.45, 2.75) is 6.92 Å². The molecule has 0 atom stereocenters. The van der Waals surface area contributed by atoms with Gasteiger partial charge in [-0.25, -0.2) is 9.37 Å². The molecule has 0 aliphatic carbocycles. The number of para-hydroxylation sites is 1. The molecule has 3 aromatic rings. The Balaban J connectivity index is 2.07. The Labute approximate surface area is 122 Å². The van der Waals surface area contributed by atoms with Crippen LogP contribution in [0.3, 0.4) is 0 Å². The van der Waals surface area contributed by atoms with Crippen LogP contribution in [0.15, 0.2) is 48.5 Å². The van der Waals surface area contributed by atoms with Crippen LogP contribution in [0.2, 0.25) is 0 Å². The van der Waals surface area contributed by atoms with Crippen molar-refractivity contribution in [1.82, 2.24) is 9.97 Å². The zero-order valence-corrected chi connectivity index (χ0v) is 11.9. The lowest BCUT2D eigenvalue weighted by Crippen LogP contribution is -1.89. The third kappa shape index (κ3) is 2.52. The van der Waals surface area contributed by atoms with Crippen molar-refractivity contribution in [3.05, 3.63) is 60.0 Å². The Morgan fingerprint density at radius 1 is 1.05 bits per heavy atom. The Morgan fingerprint density at radius 2 is 1.76 bits per heavy atom. The maximum absolute atomic E-state index is 13.0. The second-order valence-electron chi connectivity index (χ2n) is 4.77. The van der Waals surface area contributed by atoms with Gasteiger partial charge in [-0.15, -0.1) is 0 Å². The first-order chi connectivity index (χ1) is 10.2. The average molecular weight is 282 g/mol. The van der Waals surface area contributed by atoms with E-state index in [2.05, 4.69) is 9.97 Å². The van der Waals surface area contributed by atoms with Gasteiger partial charge in [0.1, 0.15) is 17.4 Å². The van der Waals surface area contributed by atoms with E-state index in [9.17, 15) is 4.39 Å². The molecule has 4 heteroatoms. The average Bonchev–Trinajstić information content (AvgIpc) is 2.89. The minimum atomic E-state index is -0.257. The normalized spacial score (nSPS) is 10.6. The van der Waals surface area contributed by atoms with E-state index in [4.69, 9.17) is 4.74 Å². The lowest BCUT2D eigenvalue weighted by molar-refractivity contribution is 0.416. The number of aryl methyl sites for hydroxylation is 1. The molecule has 1 heterocycles. The maximum Gasteiger partial charge on any atom is 0.138 e. The number of nitrogens with one attached hydrogen (secondary N) is 1. The number of nitrogens with zero attached hydrogens (tertiary/aromatic N) is 1. The fourth-order valence-corrected chi connectivity index (χ4v) is 2.31. The largest absolute Gasteiger partial charge is 0.496 e. The molecule has 21 heavy (non-hydrogen) atoms. The van der Waals surface area contributed by atoms with Gasteiger partial charge in [-0.2, -0.15) is 0 Å². The molecule has 0 radical (unpaired) electrons. The van der Waals surface area contributed by atoms with Crippen LogP contribution in [0, 0.1) is 12.7 Å². The smallest absolute Gasteiger partial charge is 0.138 e. The van der Waals surface area contributed by atoms with Crippen molar-refractivity contribution >= 4 is 0 Å². The molecular formula is C17H15FN2O. The number of H-pyrrole nitrogens is 1. The molecular weight excluding hydrogens is 267 g/mol. The highest BCUT2D eigenvalue weighted by molar-refractivity contribution is 5.72. The monoisotopic (exact) mass is 282 g/mol. The number of methoxy groups -OCH3 is 1. The summed E-state index contributed by atoms with van der Waals surface area (Å²) in [5.74, 6) is 1.23. The molecule has 1 aromatic heterocycles. The molecule has 0 fully saturated rings. The number of hydrogen-bond acceptors (Lipinski definition) is 2. The van der Waals surface area contributed by atoms with Crippen LogP contribution >= 0.6 is 0 Å². The fraction of sp³-hybridized carbons (Fsp3) is 0.118. The van der Waals surface area contributed by atoms with Gasteiger partial charge < -0.3 is 9.72 Å². The summed E-state index contributed by atoms with van der Waals surface area (Å²) in [5.41, 5.74) is 3.56. The van der Waals surface area contributed by atoms with Crippen LogP contribution in [0.25, 0.3) is 22.6 Å². The number of aromatic amines is 1. The molecule has 0 spiro atoms. The van der Waals surface area contributed by atoms with E-state index >= 15 is 0 Å². The fourth-order valence-electron chi connectivity index (χ4n) is 2.31. The lowest BCUT2D eigenvalue weighted by Gasteiger charge is -2.06. The zero-order valence-electron chi connectivity index (χ0n) is 11.9. The van der Waals surface area contributed by atoms with E-state index in [1.54, 1.807) is 19.2 Å². The summed E-state index contributed by atoms with van der Waals surface area (Å²) in [6, 6.07) is 14.0. The SMILES string of the molecule is COc1ccccc1-c1nc(-c2ccc(F)cc2)[nH]c1C. The summed E-state index contributed by atoms with van der Waals surface area (Å²) in [7, 11) is 1.64. The van der Waals surface area contributed by atoms with E-state index in [0.29, 0.717) is 5.82 Å². The summed E-state index contributed by atoms with van der Waals surface area (Å²) in [6.45, 7) is 1.96. The number of imidazole rings is 1. The molecule has 2 aromatic carbocycles. The topological polar surface area (TPSA) is 37.9 Å². The van der Waals surface area contributed by atoms with Gasteiger partial charge in [-0.1, -0.05) is 12.1 Å². The quantitative estimate of drug-likeness (QED) is 0.781. The maximum atomic E-state index is 13.0. The van der Waals surface area contributed by atoms with Gasteiger partial charge >= 0.3 is 0 Å². The van der Waals surface area contributed by atoms with Crippen molar-refractivity contribution in [3.8, 4) is 28.4 Å². The summed E-state index contributed by atoms with van der Waals surface area (Å²) in [6.07, 6.45) is 0. The predicted octanol–water partition coefficient (Wildman–Crippen LogP) is 4.20. The minimum Gasteiger partial charge on any atom is -0.496 e. The van der Waals surface area contributed by atoms with Gasteiger partial charge in [0.05, 0.1) is 12.8 Å². The summed E-state index contributed by atoms with van der Waals surface area (Å²) < 4.78 is 18.4. The molecule has 0 saturated heterocycles. The first kappa shape index (κ1) is 13.4. The Morgan fingerprint density at radius 3 is 2.48 bits per heavy atom. The molecule has 1 N–H and O–H groups in total. The number of rotatable bonds is 3. The van der Waals surface area contributed by atoms with Crippen molar-refractivity contribution < 1.29 is 9.13 Å². The molecule has 3 nitrogen and oxygen atoms in total. The standard InChI is InChI=1S/C17H15FN2O/c1-11-16(14-5-3-4-6-15(14)21-2)20-17(19-11)12-7-9-13(18)10-8-12/h3-10H,1-2H3,(H,19,20). The highest BCUT2D eigenvalue weighted by Crippen LogP contribution is 2.32. The van der Waals surface area contributed by atoms with Crippen molar-refractivity contribution in [2.75, 3.05) is 7.11 Å². The molecule has 0 amide bonds. The van der Waals surface area contributed by atoms with E-state index in [0.717, 1.165) is 28.3 Å². The highest BCUT2D eigenvalue weighted by atomic mass is 19.1. The molecule has 106 valence electrons. The lowest BCUT2D eigenvalue weighted by atomic mass is 10.1. The van der Waals surface area contributed by atoms with Gasteiger partial charge in [0.15, 0.2) is 0 Å². The van der Waals surface area contributed by atoms with Gasteiger partial charge in [-0.3, -0.25) is 0 Å². The third-order valence-corrected chi connectivity index (χ3v) is 3.36. The number of ether oxygens (including phenoxy) is 1. The molecule has 3 rings (SSSR count). The minimum absolute atomic E-state index is 0.257. The van der Waals surface area contributed by atoms with Crippen LogP contribution in [0.1, 0.15) is 5.69 Å². The van der Waals surface area contributed by atoms with Gasteiger partial charge in [0.2, 0.25) is 0 Å². The first-order valence-electron chi connectivity index (χ1n) is 6.65. The number of hydrogen-bond donors (Lipinski definition) is 1. The molecule has 0 aliphatic heterocycles. The number of benzene rings is 2. The van der Waals surface area contributed by atoms with E-state index in [-0.39, 0.29) is 5.82 Å². The summed E-state index contributed by atoms with van der Waals surface area (Å²) >= 11 is 0. The van der Waals surface area contributed by atoms with E-state index in [1.165, 1.54) is 12.1 Å². The Hall–Kier alpha value is -2.62. The van der Waals surface area contributed by atoms with Crippen LogP contribution < -0.4 is 4.74 Å². The zero-order chi connectivity index (χ0) is 14.8. The van der Waals surface area contributed by atoms with Crippen LogP contribution in [0.5, 0.6) is 5.75 Å². The van der Waals surface area contributed by atoms with Gasteiger partial charge in [0.25, 0.3) is 0 Å².